The topological polar surface area (TPSA) is 3.24 Å². The van der Waals surface area contributed by atoms with E-state index >= 15 is 0 Å². The second-order valence-electron chi connectivity index (χ2n) is 5.01. The van der Waals surface area contributed by atoms with Gasteiger partial charge >= 0.3 is 0 Å². The second-order valence-corrected chi connectivity index (χ2v) is 9.33. The van der Waals surface area contributed by atoms with Crippen molar-refractivity contribution in [1.29, 1.82) is 0 Å². The number of hydrogen-bond donors (Lipinski definition) is 0. The summed E-state index contributed by atoms with van der Waals surface area (Å²) in [4.78, 5) is 0. The average Bonchev–Trinajstić information content (AvgIpc) is 1.96. The van der Waals surface area contributed by atoms with Crippen LogP contribution in [0.2, 0.25) is 13.1 Å². The summed E-state index contributed by atoms with van der Waals surface area (Å²) in [6.45, 7) is 11.8. The van der Waals surface area contributed by atoms with Crippen LogP contribution in [0.4, 0.5) is 0 Å². The van der Waals surface area contributed by atoms with E-state index in [1.165, 1.54) is 0 Å². The fraction of sp³-hybridized carbons (Fsp3) is 0.800. The predicted molar refractivity (Wildman–Crippen MR) is 57.6 cm³/mol. The first-order chi connectivity index (χ1) is 5.28. The van der Waals surface area contributed by atoms with Crippen LogP contribution in [0.5, 0.6) is 0 Å². The summed E-state index contributed by atoms with van der Waals surface area (Å²) in [6, 6.07) is 0. The van der Waals surface area contributed by atoms with E-state index in [1.54, 1.807) is 0 Å². The molecule has 0 bridgehead atoms. The molecular weight excluding hydrogens is 162 g/mol. The van der Waals surface area contributed by atoms with Crippen molar-refractivity contribution in [3.63, 3.8) is 0 Å². The Bertz CT molecular complexity index is 206. The molecule has 70 valence electrons. The highest BCUT2D eigenvalue weighted by molar-refractivity contribution is 6.79. The van der Waals surface area contributed by atoms with Gasteiger partial charge in [0, 0.05) is 5.54 Å². The van der Waals surface area contributed by atoms with Crippen molar-refractivity contribution in [2.45, 2.75) is 39.4 Å². The van der Waals surface area contributed by atoms with E-state index in [1.807, 2.05) is 0 Å². The molecule has 0 amide bonds. The molecule has 1 aliphatic rings. The normalized spacial score (nSPS) is 33.7. The molecule has 1 aliphatic heterocycles. The Morgan fingerprint density at radius 2 is 1.83 bits per heavy atom. The Balaban J connectivity index is 3.02. The Kier molecular flexibility index (Phi) is 2.26. The van der Waals surface area contributed by atoms with Crippen LogP contribution in [0.25, 0.3) is 0 Å². The van der Waals surface area contributed by atoms with Gasteiger partial charge in [-0.15, -0.1) is 0 Å². The molecule has 0 aliphatic carbocycles. The molecule has 1 unspecified atom stereocenters. The van der Waals surface area contributed by atoms with Crippen LogP contribution in [-0.2, 0) is 0 Å². The maximum atomic E-state index is 2.59. The number of rotatable bonds is 0. The van der Waals surface area contributed by atoms with Gasteiger partial charge in [0.25, 0.3) is 0 Å². The first-order valence-corrected chi connectivity index (χ1v) is 7.74. The lowest BCUT2D eigenvalue weighted by molar-refractivity contribution is 0.198. The Morgan fingerprint density at radius 3 is 2.25 bits per heavy atom. The third kappa shape index (κ3) is 1.38. The van der Waals surface area contributed by atoms with Gasteiger partial charge in [0.05, 0.1) is 0 Å². The predicted octanol–water partition coefficient (Wildman–Crippen LogP) is 2.65. The van der Waals surface area contributed by atoms with Crippen molar-refractivity contribution in [3.05, 3.63) is 11.8 Å². The number of hydrogen-bond acceptors (Lipinski definition) is 1. The highest BCUT2D eigenvalue weighted by Gasteiger charge is 2.40. The van der Waals surface area contributed by atoms with E-state index in [-0.39, 0.29) is 0 Å². The summed E-state index contributed by atoms with van der Waals surface area (Å²) in [5, 5.41) is 0. The van der Waals surface area contributed by atoms with Gasteiger partial charge in [0.1, 0.15) is 8.24 Å². The fourth-order valence-electron chi connectivity index (χ4n) is 1.78. The second kappa shape index (κ2) is 2.71. The zero-order valence-electron chi connectivity index (χ0n) is 9.18. The summed E-state index contributed by atoms with van der Waals surface area (Å²) in [6.07, 6.45) is 2.40. The molecule has 0 fully saturated rings. The minimum atomic E-state index is -1.22. The fourth-order valence-corrected chi connectivity index (χ4v) is 4.45. The van der Waals surface area contributed by atoms with Crippen molar-refractivity contribution in [3.8, 4) is 0 Å². The quantitative estimate of drug-likeness (QED) is 0.522. The highest BCUT2D eigenvalue weighted by Crippen LogP contribution is 2.33. The first kappa shape index (κ1) is 10.0. The Hall–Kier alpha value is -0.0831. The van der Waals surface area contributed by atoms with Crippen molar-refractivity contribution < 1.29 is 0 Å². The molecule has 0 saturated heterocycles. The molecule has 0 spiro atoms. The van der Waals surface area contributed by atoms with Crippen LogP contribution >= 0.6 is 0 Å². The van der Waals surface area contributed by atoms with E-state index in [4.69, 9.17) is 0 Å². The minimum Gasteiger partial charge on any atom is -0.318 e. The summed E-state index contributed by atoms with van der Waals surface area (Å²) in [5.74, 6) is 0.669. The van der Waals surface area contributed by atoms with E-state index < -0.39 is 8.24 Å². The van der Waals surface area contributed by atoms with Crippen LogP contribution in [0.1, 0.15) is 20.8 Å². The van der Waals surface area contributed by atoms with Crippen LogP contribution in [0.3, 0.4) is 0 Å². The largest absolute Gasteiger partial charge is 0.318 e. The summed E-state index contributed by atoms with van der Waals surface area (Å²) >= 11 is 0. The van der Waals surface area contributed by atoms with Gasteiger partial charge in [-0.2, -0.15) is 0 Å². The molecule has 0 saturated carbocycles. The molecule has 0 N–H and O–H groups in total. The lowest BCUT2D eigenvalue weighted by Gasteiger charge is -2.50. The maximum Gasteiger partial charge on any atom is 0.146 e. The third-order valence-electron chi connectivity index (χ3n) is 3.64. The molecule has 0 aromatic carbocycles. The zero-order valence-corrected chi connectivity index (χ0v) is 10.2. The first-order valence-electron chi connectivity index (χ1n) is 4.72. The molecule has 12 heavy (non-hydrogen) atoms. The summed E-state index contributed by atoms with van der Waals surface area (Å²) < 4.78 is 2.59. The van der Waals surface area contributed by atoms with E-state index in [9.17, 15) is 0 Å². The standard InChI is InChI=1S/C10H21NSi/c1-9-7-8-12(5,6)11(4)10(9,2)3/h7-9H,1-6H3. The van der Waals surface area contributed by atoms with E-state index in [0.29, 0.717) is 11.5 Å². The molecule has 0 radical (unpaired) electrons. The van der Waals surface area contributed by atoms with Gasteiger partial charge in [-0.1, -0.05) is 31.8 Å². The Morgan fingerprint density at radius 1 is 1.33 bits per heavy atom. The lowest BCUT2D eigenvalue weighted by Crippen LogP contribution is -2.60. The van der Waals surface area contributed by atoms with Gasteiger partial charge < -0.3 is 4.57 Å². The van der Waals surface area contributed by atoms with Gasteiger partial charge in [0.15, 0.2) is 0 Å². The van der Waals surface area contributed by atoms with Crippen molar-refractivity contribution in [2.75, 3.05) is 7.05 Å². The maximum absolute atomic E-state index is 2.59. The molecule has 1 rings (SSSR count). The zero-order chi connectivity index (χ0) is 9.57. The van der Waals surface area contributed by atoms with E-state index in [2.05, 4.69) is 57.3 Å². The molecular formula is C10H21NSi. The molecule has 2 heteroatoms. The summed E-state index contributed by atoms with van der Waals surface area (Å²) in [5.41, 5.74) is 2.79. The van der Waals surface area contributed by atoms with Crippen LogP contribution in [0.15, 0.2) is 11.8 Å². The molecule has 0 aromatic rings. The van der Waals surface area contributed by atoms with E-state index in [0.717, 1.165) is 0 Å². The third-order valence-corrected chi connectivity index (χ3v) is 6.95. The van der Waals surface area contributed by atoms with Crippen molar-refractivity contribution in [1.82, 2.24) is 4.57 Å². The minimum absolute atomic E-state index is 0.338. The SMILES string of the molecule is CC1C=C[Si](C)(C)N(C)C1(C)C. The number of nitrogens with zero attached hydrogens (tertiary/aromatic N) is 1. The molecule has 0 aromatic heterocycles. The molecule has 1 nitrogen and oxygen atoms in total. The van der Waals surface area contributed by atoms with Crippen LogP contribution in [-0.4, -0.2) is 25.4 Å². The van der Waals surface area contributed by atoms with Crippen LogP contribution in [0, 0.1) is 5.92 Å². The van der Waals surface area contributed by atoms with Crippen LogP contribution < -0.4 is 0 Å². The van der Waals surface area contributed by atoms with Gasteiger partial charge in [-0.3, -0.25) is 0 Å². The van der Waals surface area contributed by atoms with Gasteiger partial charge in [0.2, 0.25) is 0 Å². The molecule has 1 heterocycles. The Labute approximate surface area is 77.5 Å². The summed E-state index contributed by atoms with van der Waals surface area (Å²) in [7, 11) is 1.05. The van der Waals surface area contributed by atoms with Crippen molar-refractivity contribution >= 4 is 8.24 Å². The lowest BCUT2D eigenvalue weighted by atomic mass is 9.89. The highest BCUT2D eigenvalue weighted by atomic mass is 28.3. The van der Waals surface area contributed by atoms with Crippen molar-refractivity contribution in [2.24, 2.45) is 5.92 Å². The smallest absolute Gasteiger partial charge is 0.146 e. The average molecular weight is 183 g/mol. The van der Waals surface area contributed by atoms with Gasteiger partial charge in [-0.25, -0.2) is 0 Å². The monoisotopic (exact) mass is 183 g/mol. The van der Waals surface area contributed by atoms with Gasteiger partial charge in [-0.05, 0) is 26.8 Å². The molecule has 1 atom stereocenters.